The van der Waals surface area contributed by atoms with E-state index in [9.17, 15) is 9.50 Å². The molecule has 206 valence electrons. The Bertz CT molecular complexity index is 1510. The van der Waals surface area contributed by atoms with E-state index in [-0.39, 0.29) is 11.9 Å². The molecular formula is C31H38FN5O2. The van der Waals surface area contributed by atoms with Crippen molar-refractivity contribution in [3.8, 4) is 0 Å². The van der Waals surface area contributed by atoms with Gasteiger partial charge in [-0.15, -0.1) is 0 Å². The molecule has 0 aliphatic carbocycles. The standard InChI is InChI=1S/C31H38FN5O2/c1-19(33)30(36(4)34)22-16-28-29(35-18-22)25-10-7-23(31(2,3)38)17-27(25)37(28)26(15-20-11-13-39-14-12-20)21-5-8-24(32)9-6-21/h5-10,16-18,20,26,38H,11-15,33-34H2,1-4H3/b30-19-. The predicted molar refractivity (Wildman–Crippen MR) is 154 cm³/mol. The van der Waals surface area contributed by atoms with Crippen molar-refractivity contribution in [2.24, 2.45) is 17.5 Å². The van der Waals surface area contributed by atoms with E-state index in [1.807, 2.05) is 31.2 Å². The van der Waals surface area contributed by atoms with E-state index in [1.165, 1.54) is 17.1 Å². The fraction of sp³-hybridized carbons (Fsp3) is 0.387. The molecule has 1 saturated heterocycles. The summed E-state index contributed by atoms with van der Waals surface area (Å²) >= 11 is 0. The summed E-state index contributed by atoms with van der Waals surface area (Å²) in [4.78, 5) is 4.91. The number of hydrogen-bond donors (Lipinski definition) is 3. The fourth-order valence-electron chi connectivity index (χ4n) is 5.83. The van der Waals surface area contributed by atoms with Gasteiger partial charge in [-0.1, -0.05) is 24.3 Å². The average Bonchev–Trinajstić information content (AvgIpc) is 3.20. The third-order valence-corrected chi connectivity index (χ3v) is 7.81. The van der Waals surface area contributed by atoms with Crippen LogP contribution in [0.2, 0.25) is 0 Å². The first-order valence-corrected chi connectivity index (χ1v) is 13.5. The Morgan fingerprint density at radius 2 is 1.85 bits per heavy atom. The number of nitrogens with zero attached hydrogens (tertiary/aromatic N) is 3. The second-order valence-electron chi connectivity index (χ2n) is 11.3. The molecule has 3 heterocycles. The topological polar surface area (TPSA) is 103 Å². The number of rotatable bonds is 7. The lowest BCUT2D eigenvalue weighted by Crippen LogP contribution is -2.26. The molecule has 0 spiro atoms. The van der Waals surface area contributed by atoms with Gasteiger partial charge >= 0.3 is 0 Å². The van der Waals surface area contributed by atoms with E-state index in [2.05, 4.69) is 16.7 Å². The number of nitrogens with two attached hydrogens (primary N) is 2. The van der Waals surface area contributed by atoms with Crippen LogP contribution in [0.15, 0.2) is 60.4 Å². The molecule has 5 N–H and O–H groups in total. The Morgan fingerprint density at radius 3 is 2.46 bits per heavy atom. The molecule has 4 aromatic rings. The monoisotopic (exact) mass is 531 g/mol. The summed E-state index contributed by atoms with van der Waals surface area (Å²) in [6.07, 6.45) is 4.62. The zero-order chi connectivity index (χ0) is 27.9. The highest BCUT2D eigenvalue weighted by Gasteiger charge is 2.27. The predicted octanol–water partition coefficient (Wildman–Crippen LogP) is 5.41. The number of aromatic nitrogens is 2. The Labute approximate surface area is 228 Å². The smallest absolute Gasteiger partial charge is 0.123 e. The molecule has 2 aromatic carbocycles. The third kappa shape index (κ3) is 5.37. The summed E-state index contributed by atoms with van der Waals surface area (Å²) in [6.45, 7) is 6.88. The number of hydrogen-bond acceptors (Lipinski definition) is 6. The maximum Gasteiger partial charge on any atom is 0.123 e. The van der Waals surface area contributed by atoms with Crippen LogP contribution in [-0.4, -0.2) is 39.9 Å². The van der Waals surface area contributed by atoms with Gasteiger partial charge in [-0.25, -0.2) is 10.2 Å². The number of aliphatic hydroxyl groups is 1. The molecule has 5 rings (SSSR count). The van der Waals surface area contributed by atoms with Crippen LogP contribution in [-0.2, 0) is 10.3 Å². The van der Waals surface area contributed by atoms with Crippen molar-refractivity contribution >= 4 is 27.6 Å². The lowest BCUT2D eigenvalue weighted by molar-refractivity contribution is 0.0609. The zero-order valence-electron chi connectivity index (χ0n) is 23.1. The fourth-order valence-corrected chi connectivity index (χ4v) is 5.83. The molecule has 0 saturated carbocycles. The number of benzene rings is 2. The molecule has 0 amide bonds. The van der Waals surface area contributed by atoms with Crippen molar-refractivity contribution in [2.75, 3.05) is 20.3 Å². The summed E-state index contributed by atoms with van der Waals surface area (Å²) in [7, 11) is 1.76. The van der Waals surface area contributed by atoms with Crippen LogP contribution in [0.25, 0.3) is 27.6 Å². The summed E-state index contributed by atoms with van der Waals surface area (Å²) in [5.41, 5.74) is 11.9. The maximum absolute atomic E-state index is 14.0. The Balaban J connectivity index is 1.82. The molecule has 0 radical (unpaired) electrons. The van der Waals surface area contributed by atoms with Crippen LogP contribution in [0.3, 0.4) is 0 Å². The third-order valence-electron chi connectivity index (χ3n) is 7.81. The summed E-state index contributed by atoms with van der Waals surface area (Å²) < 4.78 is 22.0. The maximum atomic E-state index is 14.0. The molecule has 1 fully saturated rings. The van der Waals surface area contributed by atoms with Crippen molar-refractivity contribution in [1.29, 1.82) is 0 Å². The van der Waals surface area contributed by atoms with Crippen LogP contribution in [0.1, 0.15) is 62.8 Å². The average molecular weight is 532 g/mol. The number of hydrazine groups is 1. The van der Waals surface area contributed by atoms with E-state index in [0.717, 1.165) is 71.1 Å². The Morgan fingerprint density at radius 1 is 1.15 bits per heavy atom. The second kappa shape index (κ2) is 10.6. The minimum atomic E-state index is -1.02. The minimum Gasteiger partial charge on any atom is -0.401 e. The minimum absolute atomic E-state index is 0.0928. The van der Waals surface area contributed by atoms with Gasteiger partial charge in [-0.05, 0) is 81.3 Å². The van der Waals surface area contributed by atoms with Gasteiger partial charge in [0.2, 0.25) is 0 Å². The van der Waals surface area contributed by atoms with E-state index in [4.69, 9.17) is 21.3 Å². The summed E-state index contributed by atoms with van der Waals surface area (Å²) in [6, 6.07) is 14.8. The largest absolute Gasteiger partial charge is 0.401 e. The van der Waals surface area contributed by atoms with Crippen LogP contribution >= 0.6 is 0 Å². The van der Waals surface area contributed by atoms with Gasteiger partial charge < -0.3 is 25.2 Å². The van der Waals surface area contributed by atoms with Gasteiger partial charge in [-0.3, -0.25) is 4.98 Å². The van der Waals surface area contributed by atoms with Crippen molar-refractivity contribution < 1.29 is 14.2 Å². The van der Waals surface area contributed by atoms with Crippen LogP contribution < -0.4 is 11.6 Å². The van der Waals surface area contributed by atoms with Crippen LogP contribution in [0.5, 0.6) is 0 Å². The second-order valence-corrected chi connectivity index (χ2v) is 11.3. The highest BCUT2D eigenvalue weighted by molar-refractivity contribution is 6.06. The van der Waals surface area contributed by atoms with Gasteiger partial charge in [0.25, 0.3) is 0 Å². The first kappa shape index (κ1) is 27.1. The lowest BCUT2D eigenvalue weighted by Gasteiger charge is -2.29. The number of ether oxygens (including phenoxy) is 1. The van der Waals surface area contributed by atoms with E-state index in [0.29, 0.717) is 17.3 Å². The van der Waals surface area contributed by atoms with Crippen molar-refractivity contribution in [1.82, 2.24) is 14.6 Å². The number of pyridine rings is 1. The van der Waals surface area contributed by atoms with Gasteiger partial charge in [0.15, 0.2) is 0 Å². The van der Waals surface area contributed by atoms with Crippen LogP contribution in [0.4, 0.5) is 4.39 Å². The number of halogens is 1. The quantitative estimate of drug-likeness (QED) is 0.218. The molecule has 0 bridgehead atoms. The van der Waals surface area contributed by atoms with Crippen molar-refractivity contribution in [3.63, 3.8) is 0 Å². The van der Waals surface area contributed by atoms with Gasteiger partial charge in [0.05, 0.1) is 33.9 Å². The first-order valence-electron chi connectivity index (χ1n) is 13.5. The molecule has 1 atom stereocenters. The number of allylic oxidation sites excluding steroid dienone is 1. The molecule has 1 aliphatic rings. The van der Waals surface area contributed by atoms with E-state index in [1.54, 1.807) is 27.1 Å². The normalized spacial score (nSPS) is 16.5. The van der Waals surface area contributed by atoms with Gasteiger partial charge in [-0.2, -0.15) is 0 Å². The highest BCUT2D eigenvalue weighted by atomic mass is 19.1. The highest BCUT2D eigenvalue weighted by Crippen LogP contribution is 2.40. The molecule has 1 unspecified atom stereocenters. The zero-order valence-corrected chi connectivity index (χ0v) is 23.1. The van der Waals surface area contributed by atoms with Gasteiger partial charge in [0, 0.05) is 43.1 Å². The van der Waals surface area contributed by atoms with E-state index < -0.39 is 5.60 Å². The Kier molecular flexibility index (Phi) is 7.37. The Hall–Kier alpha value is -3.46. The SMILES string of the molecule is C/C(N)=C(\c1cnc2c3ccc(C(C)(C)O)cc3n(C(CC3CCOCC3)c3ccc(F)cc3)c2c1)N(C)N. The number of fused-ring (bicyclic) bond motifs is 3. The molecule has 8 heteroatoms. The molecule has 39 heavy (non-hydrogen) atoms. The lowest BCUT2D eigenvalue weighted by atomic mass is 9.89. The first-order chi connectivity index (χ1) is 18.5. The molecule has 2 aromatic heterocycles. The summed E-state index contributed by atoms with van der Waals surface area (Å²) in [5, 5.41) is 13.4. The van der Waals surface area contributed by atoms with Crippen molar-refractivity contribution in [2.45, 2.75) is 51.7 Å². The van der Waals surface area contributed by atoms with E-state index >= 15 is 0 Å². The van der Waals surface area contributed by atoms with Crippen molar-refractivity contribution in [3.05, 3.63) is 82.9 Å². The van der Waals surface area contributed by atoms with Crippen LogP contribution in [0, 0.1) is 11.7 Å². The van der Waals surface area contributed by atoms with Gasteiger partial charge in [0.1, 0.15) is 5.82 Å². The molecular weight excluding hydrogens is 493 g/mol. The molecule has 7 nitrogen and oxygen atoms in total. The molecule has 1 aliphatic heterocycles. The summed E-state index contributed by atoms with van der Waals surface area (Å²) in [5.74, 6) is 6.35.